The van der Waals surface area contributed by atoms with E-state index in [-0.39, 0.29) is 43.8 Å². The average Bonchev–Trinajstić information content (AvgIpc) is 2.30. The van der Waals surface area contributed by atoms with Crippen LogP contribution in [0.3, 0.4) is 0 Å². The molecule has 1 fully saturated rings. The summed E-state index contributed by atoms with van der Waals surface area (Å²) >= 11 is 0. The molecule has 1 rings (SSSR count). The maximum absolute atomic E-state index is 12.0. The smallest absolute Gasteiger partial charge is 0.372 e. The third-order valence-electron chi connectivity index (χ3n) is 2.88. The molecule has 5 nitrogen and oxygen atoms in total. The minimum atomic E-state index is -4.34. The summed E-state index contributed by atoms with van der Waals surface area (Å²) in [5, 5.41) is 2.61. The van der Waals surface area contributed by atoms with E-state index < -0.39 is 18.8 Å². The zero-order chi connectivity index (χ0) is 15.3. The lowest BCUT2D eigenvalue weighted by Gasteiger charge is -2.34. The molecule has 0 aromatic carbocycles. The van der Waals surface area contributed by atoms with Crippen LogP contribution in [0.5, 0.6) is 0 Å². The van der Waals surface area contributed by atoms with Crippen molar-refractivity contribution in [1.82, 2.24) is 10.2 Å². The lowest BCUT2D eigenvalue weighted by Crippen LogP contribution is -2.59. The summed E-state index contributed by atoms with van der Waals surface area (Å²) in [5.41, 5.74) is 0. The Labute approximate surface area is 115 Å². The maximum Gasteiger partial charge on any atom is 0.411 e. The Morgan fingerprint density at radius 1 is 1.40 bits per heavy atom. The molecule has 1 aliphatic rings. The van der Waals surface area contributed by atoms with Crippen LogP contribution in [-0.2, 0) is 14.3 Å². The summed E-state index contributed by atoms with van der Waals surface area (Å²) in [6.45, 7) is 2.40. The second kappa shape index (κ2) is 6.92. The van der Waals surface area contributed by atoms with Gasteiger partial charge in [0.15, 0.2) is 0 Å². The van der Waals surface area contributed by atoms with Gasteiger partial charge in [0, 0.05) is 13.2 Å². The number of ether oxygens (including phenoxy) is 1. The van der Waals surface area contributed by atoms with Crippen molar-refractivity contribution in [1.29, 1.82) is 0 Å². The molecule has 116 valence electrons. The van der Waals surface area contributed by atoms with Crippen molar-refractivity contribution in [2.75, 3.05) is 26.3 Å². The summed E-state index contributed by atoms with van der Waals surface area (Å²) in [7, 11) is 0. The van der Waals surface area contributed by atoms with E-state index in [4.69, 9.17) is 0 Å². The molecule has 2 amide bonds. The molecule has 1 atom stereocenters. The number of hydrogen-bond acceptors (Lipinski definition) is 3. The second-order valence-electron chi connectivity index (χ2n) is 5.07. The van der Waals surface area contributed by atoms with Crippen LogP contribution in [0.4, 0.5) is 13.2 Å². The van der Waals surface area contributed by atoms with Crippen LogP contribution < -0.4 is 5.32 Å². The molecule has 1 heterocycles. The maximum atomic E-state index is 12.0. The summed E-state index contributed by atoms with van der Waals surface area (Å²) in [6, 6.07) is -0.563. The fourth-order valence-corrected chi connectivity index (χ4v) is 1.92. The Morgan fingerprint density at radius 2 is 2.05 bits per heavy atom. The van der Waals surface area contributed by atoms with Gasteiger partial charge in [0.1, 0.15) is 12.6 Å². The Balaban J connectivity index is 2.35. The highest BCUT2D eigenvalue weighted by Crippen LogP contribution is 2.15. The third-order valence-corrected chi connectivity index (χ3v) is 2.88. The summed E-state index contributed by atoms with van der Waals surface area (Å²) in [4.78, 5) is 24.9. The number of piperazine rings is 1. The van der Waals surface area contributed by atoms with E-state index in [1.165, 1.54) is 4.90 Å². The molecule has 0 spiro atoms. The minimum absolute atomic E-state index is 0.0317. The van der Waals surface area contributed by atoms with Gasteiger partial charge < -0.3 is 15.0 Å². The highest BCUT2D eigenvalue weighted by atomic mass is 19.4. The standard InChI is InChI=1S/C12H19F3N2O3/c1-8(2)10-11(19)17(6-9(18)16-10)4-3-5-20-7-12(13,14)15/h8,10H,3-7H2,1-2H3,(H,16,18). The van der Waals surface area contributed by atoms with Gasteiger partial charge in [0.2, 0.25) is 11.8 Å². The van der Waals surface area contributed by atoms with Gasteiger partial charge in [0.25, 0.3) is 0 Å². The quantitative estimate of drug-likeness (QED) is 0.742. The van der Waals surface area contributed by atoms with Crippen molar-refractivity contribution in [2.45, 2.75) is 32.5 Å². The van der Waals surface area contributed by atoms with Gasteiger partial charge in [-0.15, -0.1) is 0 Å². The van der Waals surface area contributed by atoms with Gasteiger partial charge in [-0.1, -0.05) is 13.8 Å². The lowest BCUT2D eigenvalue weighted by molar-refractivity contribution is -0.174. The normalized spacial score (nSPS) is 20.5. The zero-order valence-electron chi connectivity index (χ0n) is 11.5. The van der Waals surface area contributed by atoms with Gasteiger partial charge in [0.05, 0.1) is 6.54 Å². The van der Waals surface area contributed by atoms with Crippen molar-refractivity contribution in [2.24, 2.45) is 5.92 Å². The predicted molar refractivity (Wildman–Crippen MR) is 64.8 cm³/mol. The number of alkyl halides is 3. The van der Waals surface area contributed by atoms with Crippen LogP contribution in [0.2, 0.25) is 0 Å². The molecule has 1 N–H and O–H groups in total. The number of carbonyl (C=O) groups is 2. The first-order chi connectivity index (χ1) is 9.20. The molecule has 1 unspecified atom stereocenters. The monoisotopic (exact) mass is 296 g/mol. The molecule has 0 aliphatic carbocycles. The van der Waals surface area contributed by atoms with Gasteiger partial charge in [-0.2, -0.15) is 13.2 Å². The van der Waals surface area contributed by atoms with Crippen LogP contribution in [-0.4, -0.2) is 55.2 Å². The van der Waals surface area contributed by atoms with E-state index in [9.17, 15) is 22.8 Å². The van der Waals surface area contributed by atoms with Crippen LogP contribution in [0.25, 0.3) is 0 Å². The minimum Gasteiger partial charge on any atom is -0.372 e. The van der Waals surface area contributed by atoms with Gasteiger partial charge >= 0.3 is 6.18 Å². The van der Waals surface area contributed by atoms with Crippen LogP contribution in [0.15, 0.2) is 0 Å². The fourth-order valence-electron chi connectivity index (χ4n) is 1.92. The summed E-state index contributed by atoms with van der Waals surface area (Å²) in [5.74, 6) is -0.481. The van der Waals surface area contributed by atoms with E-state index in [1.807, 2.05) is 13.8 Å². The van der Waals surface area contributed by atoms with Crippen LogP contribution in [0, 0.1) is 5.92 Å². The largest absolute Gasteiger partial charge is 0.411 e. The lowest BCUT2D eigenvalue weighted by atomic mass is 10.0. The number of amides is 2. The predicted octanol–water partition coefficient (Wildman–Crippen LogP) is 0.938. The second-order valence-corrected chi connectivity index (χ2v) is 5.07. The Kier molecular flexibility index (Phi) is 5.79. The van der Waals surface area contributed by atoms with Gasteiger partial charge in [-0.3, -0.25) is 9.59 Å². The van der Waals surface area contributed by atoms with Crippen molar-refractivity contribution >= 4 is 11.8 Å². The number of rotatable bonds is 6. The topological polar surface area (TPSA) is 58.6 Å². The van der Waals surface area contributed by atoms with Crippen LogP contribution in [0.1, 0.15) is 20.3 Å². The molecule has 0 radical (unpaired) electrons. The fraction of sp³-hybridized carbons (Fsp3) is 0.833. The first kappa shape index (κ1) is 16.7. The highest BCUT2D eigenvalue weighted by Gasteiger charge is 2.34. The highest BCUT2D eigenvalue weighted by molar-refractivity contribution is 5.94. The molecule has 0 saturated carbocycles. The summed E-state index contributed by atoms with van der Waals surface area (Å²) in [6.07, 6.45) is -4.08. The van der Waals surface area contributed by atoms with E-state index in [0.717, 1.165) is 0 Å². The first-order valence-electron chi connectivity index (χ1n) is 6.43. The third kappa shape index (κ3) is 5.36. The molecule has 20 heavy (non-hydrogen) atoms. The van der Waals surface area contributed by atoms with Gasteiger partial charge in [-0.05, 0) is 12.3 Å². The van der Waals surface area contributed by atoms with Crippen LogP contribution >= 0.6 is 0 Å². The molecule has 1 aliphatic heterocycles. The zero-order valence-corrected chi connectivity index (χ0v) is 11.5. The molecule has 1 saturated heterocycles. The Bertz CT molecular complexity index is 358. The number of nitrogens with zero attached hydrogens (tertiary/aromatic N) is 1. The number of hydrogen-bond donors (Lipinski definition) is 1. The first-order valence-corrected chi connectivity index (χ1v) is 6.43. The number of nitrogens with one attached hydrogen (secondary N) is 1. The average molecular weight is 296 g/mol. The van der Waals surface area contributed by atoms with E-state index in [1.54, 1.807) is 0 Å². The number of halogens is 3. The van der Waals surface area contributed by atoms with Crippen molar-refractivity contribution in [3.05, 3.63) is 0 Å². The van der Waals surface area contributed by atoms with E-state index >= 15 is 0 Å². The molecule has 0 aromatic heterocycles. The molecular weight excluding hydrogens is 277 g/mol. The molecule has 8 heteroatoms. The molecular formula is C12H19F3N2O3. The number of carbonyl (C=O) groups excluding carboxylic acids is 2. The van der Waals surface area contributed by atoms with E-state index in [0.29, 0.717) is 0 Å². The Morgan fingerprint density at radius 3 is 2.60 bits per heavy atom. The van der Waals surface area contributed by atoms with E-state index in [2.05, 4.69) is 10.1 Å². The summed E-state index contributed by atoms with van der Waals surface area (Å²) < 4.78 is 40.0. The van der Waals surface area contributed by atoms with Crippen molar-refractivity contribution in [3.63, 3.8) is 0 Å². The molecule has 0 bridgehead atoms. The van der Waals surface area contributed by atoms with Crippen molar-refractivity contribution in [3.8, 4) is 0 Å². The van der Waals surface area contributed by atoms with Crippen molar-refractivity contribution < 1.29 is 27.5 Å². The SMILES string of the molecule is CC(C)C1NC(=O)CN(CCCOCC(F)(F)F)C1=O. The Hall–Kier alpha value is -1.31. The molecule has 0 aromatic rings. The van der Waals surface area contributed by atoms with Gasteiger partial charge in [-0.25, -0.2) is 0 Å².